The first-order chi connectivity index (χ1) is 15.2. The molecule has 0 aliphatic heterocycles. The summed E-state index contributed by atoms with van der Waals surface area (Å²) < 4.78 is 11.7. The molecule has 0 saturated carbocycles. The first-order valence-electron chi connectivity index (χ1n) is 10.6. The first-order valence-corrected chi connectivity index (χ1v) is 11.0. The largest absolute Gasteiger partial charge is 0.496 e. The fourth-order valence-corrected chi connectivity index (χ4v) is 3.64. The van der Waals surface area contributed by atoms with Gasteiger partial charge in [0.15, 0.2) is 0 Å². The van der Waals surface area contributed by atoms with Crippen molar-refractivity contribution in [3.63, 3.8) is 0 Å². The molecule has 168 valence electrons. The van der Waals surface area contributed by atoms with Crippen molar-refractivity contribution in [2.75, 3.05) is 7.11 Å². The molecule has 0 bridgehead atoms. The number of halogens is 1. The Kier molecular flexibility index (Phi) is 7.47. The maximum absolute atomic E-state index is 12.9. The quantitative estimate of drug-likeness (QED) is 0.434. The molecule has 0 aliphatic carbocycles. The average molecular weight is 452 g/mol. The van der Waals surface area contributed by atoms with E-state index in [9.17, 15) is 4.79 Å². The molecule has 0 spiro atoms. The second kappa shape index (κ2) is 10.1. The van der Waals surface area contributed by atoms with E-state index in [4.69, 9.17) is 21.1 Å². The Morgan fingerprint density at radius 1 is 1.00 bits per heavy atom. The van der Waals surface area contributed by atoms with E-state index in [2.05, 4.69) is 32.2 Å². The zero-order valence-corrected chi connectivity index (χ0v) is 20.0. The summed E-state index contributed by atoms with van der Waals surface area (Å²) in [6.07, 6.45) is 0. The lowest BCUT2D eigenvalue weighted by molar-refractivity contribution is 0.0939. The van der Waals surface area contributed by atoms with Crippen molar-refractivity contribution >= 4 is 17.5 Å². The third-order valence-corrected chi connectivity index (χ3v) is 5.59. The van der Waals surface area contributed by atoms with Gasteiger partial charge in [0.05, 0.1) is 13.2 Å². The molecule has 1 amide bonds. The van der Waals surface area contributed by atoms with Crippen molar-refractivity contribution < 1.29 is 14.3 Å². The topological polar surface area (TPSA) is 47.6 Å². The van der Waals surface area contributed by atoms with E-state index < -0.39 is 0 Å². The van der Waals surface area contributed by atoms with Crippen molar-refractivity contribution in [3.05, 3.63) is 94.0 Å². The summed E-state index contributed by atoms with van der Waals surface area (Å²) in [6.45, 7) is 8.70. The van der Waals surface area contributed by atoms with Crippen molar-refractivity contribution in [3.8, 4) is 11.5 Å². The van der Waals surface area contributed by atoms with Gasteiger partial charge in [-0.3, -0.25) is 4.79 Å². The number of nitrogens with one attached hydrogen (secondary N) is 1. The van der Waals surface area contributed by atoms with Gasteiger partial charge in [-0.25, -0.2) is 0 Å². The molecule has 3 aromatic rings. The van der Waals surface area contributed by atoms with Gasteiger partial charge < -0.3 is 14.8 Å². The minimum atomic E-state index is -0.161. The highest BCUT2D eigenvalue weighted by Crippen LogP contribution is 2.32. The fourth-order valence-electron chi connectivity index (χ4n) is 3.51. The Balaban J connectivity index is 1.77. The van der Waals surface area contributed by atoms with Gasteiger partial charge in [0.1, 0.15) is 18.1 Å². The maximum atomic E-state index is 12.9. The molecule has 0 aliphatic rings. The molecule has 0 saturated heterocycles. The molecule has 0 aromatic heterocycles. The van der Waals surface area contributed by atoms with Gasteiger partial charge in [-0.05, 0) is 59.9 Å². The normalized spacial score (nSPS) is 12.2. The Morgan fingerprint density at radius 3 is 2.34 bits per heavy atom. The number of methoxy groups -OCH3 is 1. The third-order valence-electron chi connectivity index (χ3n) is 5.34. The smallest absolute Gasteiger partial charge is 0.251 e. The summed E-state index contributed by atoms with van der Waals surface area (Å²) >= 11 is 5.96. The molecule has 0 unspecified atom stereocenters. The molecule has 0 radical (unpaired) electrons. The predicted octanol–water partition coefficient (Wildman–Crippen LogP) is 6.72. The number of hydrogen-bond acceptors (Lipinski definition) is 3. The lowest BCUT2D eigenvalue weighted by Gasteiger charge is -2.23. The average Bonchev–Trinajstić information content (AvgIpc) is 2.77. The Bertz CT molecular complexity index is 1070. The number of ether oxygens (including phenoxy) is 2. The summed E-state index contributed by atoms with van der Waals surface area (Å²) in [4.78, 5) is 12.9. The maximum Gasteiger partial charge on any atom is 0.251 e. The Morgan fingerprint density at radius 2 is 1.69 bits per heavy atom. The SMILES string of the molecule is COc1ccc(C(=O)N[C@H](C)c2ccc(Cl)cc2)cc1COc1ccccc1C(C)(C)C. The van der Waals surface area contributed by atoms with Gasteiger partial charge in [0.25, 0.3) is 5.91 Å². The van der Waals surface area contributed by atoms with E-state index in [1.165, 1.54) is 0 Å². The van der Waals surface area contributed by atoms with Crippen LogP contribution in [0.15, 0.2) is 66.7 Å². The zero-order chi connectivity index (χ0) is 23.3. The van der Waals surface area contributed by atoms with Crippen LogP contribution in [0.5, 0.6) is 11.5 Å². The molecular formula is C27H30ClNO3. The third kappa shape index (κ3) is 5.83. The number of amides is 1. The molecule has 4 nitrogen and oxygen atoms in total. The summed E-state index contributed by atoms with van der Waals surface area (Å²) in [6, 6.07) is 20.7. The minimum Gasteiger partial charge on any atom is -0.496 e. The number of benzene rings is 3. The van der Waals surface area contributed by atoms with E-state index in [-0.39, 0.29) is 17.4 Å². The van der Waals surface area contributed by atoms with Crippen LogP contribution in [-0.2, 0) is 12.0 Å². The number of para-hydroxylation sites is 1. The molecule has 1 N–H and O–H groups in total. The van der Waals surface area contributed by atoms with Gasteiger partial charge in [0.2, 0.25) is 0 Å². The predicted molar refractivity (Wildman–Crippen MR) is 130 cm³/mol. The molecule has 1 atom stereocenters. The standard InChI is InChI=1S/C27H30ClNO3/c1-18(19-10-13-22(28)14-11-19)29-26(30)20-12-15-24(31-5)21(16-20)17-32-25-9-7-6-8-23(25)27(2,3)4/h6-16,18H,17H2,1-5H3,(H,29,30)/t18-/m1/s1. The van der Waals surface area contributed by atoms with Crippen LogP contribution in [0.25, 0.3) is 0 Å². The van der Waals surface area contributed by atoms with E-state index in [0.29, 0.717) is 22.9 Å². The summed E-state index contributed by atoms with van der Waals surface area (Å²) in [5.41, 5.74) is 3.43. The van der Waals surface area contributed by atoms with Gasteiger partial charge in [-0.1, -0.05) is 62.7 Å². The van der Waals surface area contributed by atoms with Gasteiger partial charge in [-0.15, -0.1) is 0 Å². The van der Waals surface area contributed by atoms with E-state index in [1.807, 2.05) is 55.5 Å². The molecule has 3 rings (SSSR count). The minimum absolute atomic E-state index is 0.0415. The molecule has 32 heavy (non-hydrogen) atoms. The van der Waals surface area contributed by atoms with E-state index in [0.717, 1.165) is 22.4 Å². The van der Waals surface area contributed by atoms with Crippen LogP contribution in [0.4, 0.5) is 0 Å². The highest BCUT2D eigenvalue weighted by Gasteiger charge is 2.19. The zero-order valence-electron chi connectivity index (χ0n) is 19.2. The second-order valence-electron chi connectivity index (χ2n) is 8.81. The fraction of sp³-hybridized carbons (Fsp3) is 0.296. The summed E-state index contributed by atoms with van der Waals surface area (Å²) in [5, 5.41) is 3.70. The lowest BCUT2D eigenvalue weighted by atomic mass is 9.86. The van der Waals surface area contributed by atoms with Crippen LogP contribution >= 0.6 is 11.6 Å². The van der Waals surface area contributed by atoms with E-state index >= 15 is 0 Å². The highest BCUT2D eigenvalue weighted by molar-refractivity contribution is 6.30. The Labute approximate surface area is 195 Å². The van der Waals surface area contributed by atoms with Crippen LogP contribution in [0.3, 0.4) is 0 Å². The van der Waals surface area contributed by atoms with Crippen molar-refractivity contribution in [2.45, 2.75) is 45.8 Å². The van der Waals surface area contributed by atoms with Crippen LogP contribution in [0.2, 0.25) is 5.02 Å². The highest BCUT2D eigenvalue weighted by atomic mass is 35.5. The summed E-state index contributed by atoms with van der Waals surface area (Å²) in [5.74, 6) is 1.35. The molecule has 5 heteroatoms. The van der Waals surface area contributed by atoms with Crippen molar-refractivity contribution in [1.29, 1.82) is 0 Å². The number of carbonyl (C=O) groups is 1. The monoisotopic (exact) mass is 451 g/mol. The molecule has 0 fully saturated rings. The van der Waals surface area contributed by atoms with Gasteiger partial charge >= 0.3 is 0 Å². The summed E-state index contributed by atoms with van der Waals surface area (Å²) in [7, 11) is 1.62. The van der Waals surface area contributed by atoms with Crippen LogP contribution in [-0.4, -0.2) is 13.0 Å². The lowest BCUT2D eigenvalue weighted by Crippen LogP contribution is -2.26. The van der Waals surface area contributed by atoms with Gasteiger partial charge in [-0.2, -0.15) is 0 Å². The molecule has 3 aromatic carbocycles. The van der Waals surface area contributed by atoms with Crippen molar-refractivity contribution in [1.82, 2.24) is 5.32 Å². The molecule has 0 heterocycles. The van der Waals surface area contributed by atoms with Crippen LogP contribution in [0.1, 0.15) is 60.8 Å². The molecular weight excluding hydrogens is 422 g/mol. The van der Waals surface area contributed by atoms with Crippen molar-refractivity contribution in [2.24, 2.45) is 0 Å². The number of rotatable bonds is 7. The van der Waals surface area contributed by atoms with E-state index in [1.54, 1.807) is 19.2 Å². The number of hydrogen-bond donors (Lipinski definition) is 1. The van der Waals surface area contributed by atoms with Crippen LogP contribution < -0.4 is 14.8 Å². The van der Waals surface area contributed by atoms with Crippen LogP contribution in [0, 0.1) is 0 Å². The Hall–Kier alpha value is -2.98. The first kappa shape index (κ1) is 23.7. The van der Waals surface area contributed by atoms with Gasteiger partial charge in [0, 0.05) is 16.1 Å². The second-order valence-corrected chi connectivity index (χ2v) is 9.24. The number of carbonyl (C=O) groups excluding carboxylic acids is 1.